The van der Waals surface area contributed by atoms with Gasteiger partial charge in [0.1, 0.15) is 11.1 Å². The molecule has 8 heteroatoms. The van der Waals surface area contributed by atoms with Gasteiger partial charge in [-0.1, -0.05) is 12.2 Å². The number of hydrogen-bond donors (Lipinski definition) is 1. The highest BCUT2D eigenvalue weighted by molar-refractivity contribution is 5.99. The van der Waals surface area contributed by atoms with E-state index in [4.69, 9.17) is 14.2 Å². The van der Waals surface area contributed by atoms with Gasteiger partial charge in [-0.05, 0) is 13.3 Å². The summed E-state index contributed by atoms with van der Waals surface area (Å²) in [5.41, 5.74) is -0.849. The quantitative estimate of drug-likeness (QED) is 0.637. The zero-order valence-corrected chi connectivity index (χ0v) is 14.4. The van der Waals surface area contributed by atoms with Crippen LogP contribution in [0.15, 0.2) is 23.1 Å². The number of nitrogens with zero attached hydrogens (tertiary/aromatic N) is 1. The molecule has 2 atom stereocenters. The summed E-state index contributed by atoms with van der Waals surface area (Å²) in [6, 6.07) is -0.260. The Hall–Kier alpha value is -2.61. The lowest BCUT2D eigenvalue weighted by atomic mass is 9.79. The largest absolute Gasteiger partial charge is 0.491 e. The van der Waals surface area contributed by atoms with Crippen LogP contribution < -0.4 is 15.5 Å². The first-order chi connectivity index (χ1) is 11.9. The van der Waals surface area contributed by atoms with E-state index in [9.17, 15) is 14.4 Å². The van der Waals surface area contributed by atoms with Crippen molar-refractivity contribution >= 4 is 11.9 Å². The minimum absolute atomic E-state index is 0.0870. The molecule has 2 aliphatic rings. The number of hydrogen-bond acceptors (Lipinski definition) is 6. The van der Waals surface area contributed by atoms with Crippen molar-refractivity contribution in [2.24, 2.45) is 0 Å². The first-order valence-electron chi connectivity index (χ1n) is 7.85. The maximum atomic E-state index is 12.8. The molecule has 0 unspecified atom stereocenters. The highest BCUT2D eigenvalue weighted by Gasteiger charge is 2.50. The number of amides is 1. The van der Waals surface area contributed by atoms with Gasteiger partial charge in [-0.25, -0.2) is 4.79 Å². The van der Waals surface area contributed by atoms with Crippen LogP contribution in [-0.4, -0.2) is 49.4 Å². The molecular weight excluding hydrogens is 328 g/mol. The van der Waals surface area contributed by atoms with Gasteiger partial charge in [-0.15, -0.1) is 0 Å². The fourth-order valence-corrected chi connectivity index (χ4v) is 3.56. The lowest BCUT2D eigenvalue weighted by molar-refractivity contribution is -0.00490. The summed E-state index contributed by atoms with van der Waals surface area (Å²) in [6.45, 7) is 6.56. The normalized spacial score (nSPS) is 24.6. The zero-order valence-electron chi connectivity index (χ0n) is 14.4. The lowest BCUT2D eigenvalue weighted by Gasteiger charge is -2.49. The van der Waals surface area contributed by atoms with Crippen molar-refractivity contribution < 1.29 is 23.8 Å². The Morgan fingerprint density at radius 2 is 2.16 bits per heavy atom. The highest BCUT2D eigenvalue weighted by Crippen LogP contribution is 2.40. The van der Waals surface area contributed by atoms with Crippen LogP contribution in [0.25, 0.3) is 0 Å². The minimum atomic E-state index is -0.810. The Bertz CT molecular complexity index is 827. The van der Waals surface area contributed by atoms with Crippen LogP contribution in [-0.2, 0) is 9.47 Å². The Morgan fingerprint density at radius 1 is 1.44 bits per heavy atom. The Morgan fingerprint density at radius 3 is 2.76 bits per heavy atom. The molecular formula is C17H20N2O6. The van der Waals surface area contributed by atoms with Crippen molar-refractivity contribution in [2.45, 2.75) is 24.9 Å². The fourth-order valence-electron chi connectivity index (χ4n) is 3.56. The third-order valence-electron chi connectivity index (χ3n) is 4.88. The Balaban J connectivity index is 2.32. The number of esters is 1. The molecule has 2 aliphatic heterocycles. The number of carbonyl (C=O) groups excluding carboxylic acids is 2. The van der Waals surface area contributed by atoms with Gasteiger partial charge in [0.15, 0.2) is 11.4 Å². The van der Waals surface area contributed by atoms with Crippen LogP contribution in [0.1, 0.15) is 40.2 Å². The van der Waals surface area contributed by atoms with Gasteiger partial charge in [0, 0.05) is 12.8 Å². The minimum Gasteiger partial charge on any atom is -0.491 e. The molecule has 1 N–H and O–H groups in total. The molecule has 1 saturated heterocycles. The van der Waals surface area contributed by atoms with E-state index in [-0.39, 0.29) is 29.7 Å². The van der Waals surface area contributed by atoms with E-state index in [1.54, 1.807) is 4.57 Å². The fraction of sp³-hybridized carbons (Fsp3) is 0.471. The smallest absolute Gasteiger partial charge is 0.343 e. The van der Waals surface area contributed by atoms with E-state index >= 15 is 0 Å². The van der Waals surface area contributed by atoms with E-state index in [1.807, 2.05) is 6.92 Å². The van der Waals surface area contributed by atoms with E-state index in [2.05, 4.69) is 11.9 Å². The van der Waals surface area contributed by atoms with Crippen LogP contribution in [0.2, 0.25) is 0 Å². The number of carbonyl (C=O) groups is 2. The van der Waals surface area contributed by atoms with Crippen molar-refractivity contribution in [1.82, 2.24) is 9.88 Å². The summed E-state index contributed by atoms with van der Waals surface area (Å²) in [5.74, 6) is -1.44. The average Bonchev–Trinajstić information content (AvgIpc) is 2.60. The molecule has 1 aromatic heterocycles. The van der Waals surface area contributed by atoms with Crippen LogP contribution in [0.4, 0.5) is 0 Å². The van der Waals surface area contributed by atoms with Gasteiger partial charge in [0.25, 0.3) is 5.91 Å². The SMILES string of the molecule is C=C(C)[C@@]12COCC[C@@H]1n1cc(C(=O)OC)c(=O)c(OC)c1C(=O)N2. The number of rotatable bonds is 3. The molecule has 25 heavy (non-hydrogen) atoms. The van der Waals surface area contributed by atoms with Crippen molar-refractivity contribution in [1.29, 1.82) is 0 Å². The molecule has 3 rings (SSSR count). The number of aromatic nitrogens is 1. The van der Waals surface area contributed by atoms with E-state index < -0.39 is 22.8 Å². The molecule has 1 fully saturated rings. The highest BCUT2D eigenvalue weighted by atomic mass is 16.5. The summed E-state index contributed by atoms with van der Waals surface area (Å²) in [4.78, 5) is 37.3. The zero-order chi connectivity index (χ0) is 18.4. The van der Waals surface area contributed by atoms with E-state index in [0.29, 0.717) is 13.0 Å². The second-order valence-electron chi connectivity index (χ2n) is 6.22. The predicted molar refractivity (Wildman–Crippen MR) is 88.1 cm³/mol. The predicted octanol–water partition coefficient (Wildman–Crippen LogP) is 0.663. The molecule has 0 saturated carbocycles. The summed E-state index contributed by atoms with van der Waals surface area (Å²) in [6.07, 6.45) is 1.95. The van der Waals surface area contributed by atoms with Crippen LogP contribution >= 0.6 is 0 Å². The Labute approximate surface area is 144 Å². The van der Waals surface area contributed by atoms with Crippen LogP contribution in [0.5, 0.6) is 5.75 Å². The molecule has 0 aliphatic carbocycles. The third kappa shape index (κ3) is 2.36. The van der Waals surface area contributed by atoms with Gasteiger partial charge in [0.2, 0.25) is 5.43 Å². The number of fused-ring (bicyclic) bond motifs is 3. The second-order valence-corrected chi connectivity index (χ2v) is 6.22. The van der Waals surface area contributed by atoms with Gasteiger partial charge >= 0.3 is 5.97 Å². The average molecular weight is 348 g/mol. The molecule has 134 valence electrons. The first-order valence-corrected chi connectivity index (χ1v) is 7.85. The molecule has 0 spiro atoms. The molecule has 0 aromatic carbocycles. The summed E-state index contributed by atoms with van der Waals surface area (Å²) >= 11 is 0. The molecule has 0 radical (unpaired) electrons. The van der Waals surface area contributed by atoms with Crippen molar-refractivity contribution in [2.75, 3.05) is 27.4 Å². The standard InChI is InChI=1S/C17H20N2O6/c1-9(2)17-8-25-6-5-11(17)19-7-10(16(22)24-4)13(20)14(23-3)12(19)15(21)18-17/h7,11H,1,5-6,8H2,2-4H3,(H,18,21)/t11-,17-/m0/s1. The van der Waals surface area contributed by atoms with Gasteiger partial charge in [0.05, 0.1) is 26.9 Å². The second kappa shape index (κ2) is 6.03. The maximum Gasteiger partial charge on any atom is 0.343 e. The summed E-state index contributed by atoms with van der Waals surface area (Å²) < 4.78 is 17.1. The maximum absolute atomic E-state index is 12.8. The van der Waals surface area contributed by atoms with E-state index in [1.165, 1.54) is 20.4 Å². The number of ether oxygens (including phenoxy) is 3. The third-order valence-corrected chi connectivity index (χ3v) is 4.88. The molecule has 8 nitrogen and oxygen atoms in total. The van der Waals surface area contributed by atoms with Crippen molar-refractivity contribution in [3.63, 3.8) is 0 Å². The molecule has 1 amide bonds. The number of nitrogens with one attached hydrogen (secondary N) is 1. The first kappa shape index (κ1) is 17.2. The van der Waals surface area contributed by atoms with Crippen molar-refractivity contribution in [3.8, 4) is 5.75 Å². The van der Waals surface area contributed by atoms with Gasteiger partial charge in [-0.3, -0.25) is 9.59 Å². The molecule has 0 bridgehead atoms. The summed E-state index contributed by atoms with van der Waals surface area (Å²) in [7, 11) is 2.48. The number of pyridine rings is 1. The van der Waals surface area contributed by atoms with Crippen LogP contribution in [0.3, 0.4) is 0 Å². The summed E-state index contributed by atoms with van der Waals surface area (Å²) in [5, 5.41) is 2.93. The lowest BCUT2D eigenvalue weighted by Crippen LogP contribution is -2.64. The topological polar surface area (TPSA) is 95.9 Å². The van der Waals surface area contributed by atoms with Gasteiger partial charge in [-0.2, -0.15) is 0 Å². The molecule has 1 aromatic rings. The Kier molecular flexibility index (Phi) is 4.16. The van der Waals surface area contributed by atoms with Crippen LogP contribution in [0, 0.1) is 0 Å². The van der Waals surface area contributed by atoms with E-state index in [0.717, 1.165) is 5.57 Å². The van der Waals surface area contributed by atoms with Crippen molar-refractivity contribution in [3.05, 3.63) is 39.8 Å². The number of methoxy groups -OCH3 is 2. The molecule has 3 heterocycles. The van der Waals surface area contributed by atoms with Gasteiger partial charge < -0.3 is 24.1 Å². The monoisotopic (exact) mass is 348 g/mol.